The minimum atomic E-state index is -0.186. The molecule has 1 aromatic carbocycles. The van der Waals surface area contributed by atoms with Crippen molar-refractivity contribution in [3.05, 3.63) is 65.5 Å². The van der Waals surface area contributed by atoms with Crippen molar-refractivity contribution < 1.29 is 9.90 Å². The van der Waals surface area contributed by atoms with Gasteiger partial charge in [-0.3, -0.25) is 4.98 Å². The molecule has 0 aliphatic carbocycles. The average Bonchev–Trinajstić information content (AvgIpc) is 2.61. The minimum absolute atomic E-state index is 0.100. The number of pyridine rings is 1. The predicted molar refractivity (Wildman–Crippen MR) is 95.0 cm³/mol. The van der Waals surface area contributed by atoms with Crippen molar-refractivity contribution in [2.24, 2.45) is 0 Å². The summed E-state index contributed by atoms with van der Waals surface area (Å²) in [6, 6.07) is 13.7. The van der Waals surface area contributed by atoms with E-state index in [1.165, 1.54) is 0 Å². The summed E-state index contributed by atoms with van der Waals surface area (Å²) in [5.41, 5.74) is 3.21. The van der Waals surface area contributed by atoms with E-state index in [0.717, 1.165) is 23.2 Å². The SMILES string of the molecule is Cc1ccc(CCNC(=O)NCC(CCO)c2ccccc2)cn1. The summed E-state index contributed by atoms with van der Waals surface area (Å²) < 4.78 is 0. The largest absolute Gasteiger partial charge is 0.396 e. The maximum Gasteiger partial charge on any atom is 0.314 e. The van der Waals surface area contributed by atoms with Crippen LogP contribution >= 0.6 is 0 Å². The van der Waals surface area contributed by atoms with E-state index in [2.05, 4.69) is 15.6 Å². The van der Waals surface area contributed by atoms with Crippen LogP contribution in [0.15, 0.2) is 48.7 Å². The fraction of sp³-hybridized carbons (Fsp3) is 0.368. The summed E-state index contributed by atoms with van der Waals surface area (Å²) in [5.74, 6) is 0.114. The molecule has 2 amide bonds. The lowest BCUT2D eigenvalue weighted by atomic mass is 9.96. The Balaban J connectivity index is 1.73. The molecule has 0 radical (unpaired) electrons. The second-order valence-corrected chi connectivity index (χ2v) is 5.81. The number of aliphatic hydroxyl groups is 1. The van der Waals surface area contributed by atoms with E-state index in [9.17, 15) is 9.90 Å². The molecule has 1 atom stereocenters. The lowest BCUT2D eigenvalue weighted by Crippen LogP contribution is -2.38. The molecule has 1 aromatic heterocycles. The molecule has 5 nitrogen and oxygen atoms in total. The number of benzene rings is 1. The number of rotatable bonds is 8. The van der Waals surface area contributed by atoms with Gasteiger partial charge in [0.15, 0.2) is 0 Å². The molecule has 0 bridgehead atoms. The van der Waals surface area contributed by atoms with Crippen molar-refractivity contribution >= 4 is 6.03 Å². The third-order valence-corrected chi connectivity index (χ3v) is 3.93. The second kappa shape index (κ2) is 9.67. The van der Waals surface area contributed by atoms with Crippen LogP contribution in [0.3, 0.4) is 0 Å². The minimum Gasteiger partial charge on any atom is -0.396 e. The van der Waals surface area contributed by atoms with Gasteiger partial charge in [0.05, 0.1) is 0 Å². The summed E-state index contributed by atoms with van der Waals surface area (Å²) in [6.45, 7) is 3.11. The summed E-state index contributed by atoms with van der Waals surface area (Å²) >= 11 is 0. The van der Waals surface area contributed by atoms with Crippen LogP contribution in [0.2, 0.25) is 0 Å². The molecule has 128 valence electrons. The number of aromatic nitrogens is 1. The summed E-state index contributed by atoms with van der Waals surface area (Å²) in [6.07, 6.45) is 3.21. The molecule has 5 heteroatoms. The highest BCUT2D eigenvalue weighted by molar-refractivity contribution is 5.73. The Kier molecular flexibility index (Phi) is 7.23. The molecule has 0 aliphatic rings. The van der Waals surface area contributed by atoms with Gasteiger partial charge in [-0.2, -0.15) is 0 Å². The Morgan fingerprint density at radius 3 is 2.62 bits per heavy atom. The first-order valence-electron chi connectivity index (χ1n) is 8.28. The highest BCUT2D eigenvalue weighted by atomic mass is 16.3. The molecule has 24 heavy (non-hydrogen) atoms. The van der Waals surface area contributed by atoms with Crippen LogP contribution < -0.4 is 10.6 Å². The number of hydrogen-bond donors (Lipinski definition) is 3. The molecular weight excluding hydrogens is 302 g/mol. The van der Waals surface area contributed by atoms with E-state index in [0.29, 0.717) is 19.5 Å². The number of hydrogen-bond acceptors (Lipinski definition) is 3. The Bertz CT molecular complexity index is 614. The zero-order chi connectivity index (χ0) is 17.2. The number of nitrogens with zero attached hydrogens (tertiary/aromatic N) is 1. The van der Waals surface area contributed by atoms with E-state index in [1.807, 2.05) is 55.6 Å². The standard InChI is InChI=1S/C19H25N3O2/c1-15-7-8-16(13-21-15)9-11-20-19(24)22-14-18(10-12-23)17-5-3-2-4-6-17/h2-8,13,18,23H,9-12,14H2,1H3,(H2,20,22,24). The Labute approximate surface area is 143 Å². The topological polar surface area (TPSA) is 74.2 Å². The summed E-state index contributed by atoms with van der Waals surface area (Å²) in [5, 5.41) is 15.0. The van der Waals surface area contributed by atoms with Crippen molar-refractivity contribution in [2.45, 2.75) is 25.7 Å². The number of urea groups is 1. The van der Waals surface area contributed by atoms with Gasteiger partial charge in [0, 0.05) is 37.5 Å². The van der Waals surface area contributed by atoms with E-state index < -0.39 is 0 Å². The van der Waals surface area contributed by atoms with Crippen molar-refractivity contribution in [1.29, 1.82) is 0 Å². The van der Waals surface area contributed by atoms with Crippen molar-refractivity contribution in [3.8, 4) is 0 Å². The van der Waals surface area contributed by atoms with Crippen molar-refractivity contribution in [2.75, 3.05) is 19.7 Å². The first kappa shape index (κ1) is 17.9. The first-order chi connectivity index (χ1) is 11.7. The van der Waals surface area contributed by atoms with Gasteiger partial charge < -0.3 is 15.7 Å². The predicted octanol–water partition coefficient (Wildman–Crippen LogP) is 2.40. The normalized spacial score (nSPS) is 11.8. The quantitative estimate of drug-likeness (QED) is 0.697. The fourth-order valence-electron chi connectivity index (χ4n) is 2.51. The molecule has 1 heterocycles. The van der Waals surface area contributed by atoms with Gasteiger partial charge in [0.2, 0.25) is 0 Å². The van der Waals surface area contributed by atoms with E-state index in [-0.39, 0.29) is 18.6 Å². The monoisotopic (exact) mass is 327 g/mol. The van der Waals surface area contributed by atoms with Crippen molar-refractivity contribution in [3.63, 3.8) is 0 Å². The zero-order valence-electron chi connectivity index (χ0n) is 14.0. The molecule has 2 aromatic rings. The number of carbonyl (C=O) groups excluding carboxylic acids is 1. The van der Waals surface area contributed by atoms with Crippen molar-refractivity contribution in [1.82, 2.24) is 15.6 Å². The third kappa shape index (κ3) is 6.01. The number of aliphatic hydroxyl groups excluding tert-OH is 1. The van der Waals surface area contributed by atoms with Gasteiger partial charge in [-0.05, 0) is 37.0 Å². The first-order valence-corrected chi connectivity index (χ1v) is 8.28. The van der Waals surface area contributed by atoms with Gasteiger partial charge in [-0.25, -0.2) is 4.79 Å². The highest BCUT2D eigenvalue weighted by Crippen LogP contribution is 2.17. The van der Waals surface area contributed by atoms with Crippen LogP contribution in [0.5, 0.6) is 0 Å². The molecule has 3 N–H and O–H groups in total. The maximum absolute atomic E-state index is 11.9. The van der Waals surface area contributed by atoms with Gasteiger partial charge in [-0.15, -0.1) is 0 Å². The van der Waals surface area contributed by atoms with Crippen LogP contribution in [0, 0.1) is 6.92 Å². The van der Waals surface area contributed by atoms with Crippen LogP contribution in [-0.2, 0) is 6.42 Å². The van der Waals surface area contributed by atoms with E-state index >= 15 is 0 Å². The van der Waals surface area contributed by atoms with Crippen LogP contribution in [0.1, 0.15) is 29.2 Å². The van der Waals surface area contributed by atoms with E-state index in [1.54, 1.807) is 0 Å². The van der Waals surface area contributed by atoms with E-state index in [4.69, 9.17) is 0 Å². The zero-order valence-corrected chi connectivity index (χ0v) is 14.0. The van der Waals surface area contributed by atoms with Crippen LogP contribution in [0.25, 0.3) is 0 Å². The summed E-state index contributed by atoms with van der Waals surface area (Å²) in [7, 11) is 0. The molecule has 0 saturated heterocycles. The van der Waals surface area contributed by atoms with Crippen LogP contribution in [0.4, 0.5) is 4.79 Å². The maximum atomic E-state index is 11.9. The number of aryl methyl sites for hydroxylation is 1. The second-order valence-electron chi connectivity index (χ2n) is 5.81. The Morgan fingerprint density at radius 1 is 1.17 bits per heavy atom. The molecule has 0 fully saturated rings. The molecule has 1 unspecified atom stereocenters. The molecule has 0 aliphatic heterocycles. The Hall–Kier alpha value is -2.40. The lowest BCUT2D eigenvalue weighted by molar-refractivity contribution is 0.237. The molecule has 2 rings (SSSR count). The lowest BCUT2D eigenvalue weighted by Gasteiger charge is -2.17. The van der Waals surface area contributed by atoms with Gasteiger partial charge in [0.25, 0.3) is 0 Å². The number of carbonyl (C=O) groups is 1. The number of amides is 2. The third-order valence-electron chi connectivity index (χ3n) is 3.93. The van der Waals surface area contributed by atoms with Gasteiger partial charge >= 0.3 is 6.03 Å². The Morgan fingerprint density at radius 2 is 1.96 bits per heavy atom. The smallest absolute Gasteiger partial charge is 0.314 e. The molecule has 0 saturated carbocycles. The number of nitrogens with one attached hydrogen (secondary N) is 2. The highest BCUT2D eigenvalue weighted by Gasteiger charge is 2.12. The molecule has 0 spiro atoms. The van der Waals surface area contributed by atoms with Crippen LogP contribution in [-0.4, -0.2) is 35.8 Å². The fourth-order valence-corrected chi connectivity index (χ4v) is 2.51. The van der Waals surface area contributed by atoms with Gasteiger partial charge in [0.1, 0.15) is 0 Å². The molecular formula is C19H25N3O2. The average molecular weight is 327 g/mol. The summed E-state index contributed by atoms with van der Waals surface area (Å²) in [4.78, 5) is 16.2. The van der Waals surface area contributed by atoms with Gasteiger partial charge in [-0.1, -0.05) is 36.4 Å².